The van der Waals surface area contributed by atoms with Crippen LogP contribution in [0, 0.1) is 13.8 Å². The van der Waals surface area contributed by atoms with E-state index in [4.69, 9.17) is 0 Å². The van der Waals surface area contributed by atoms with Crippen LogP contribution in [0.25, 0.3) is 11.1 Å². The van der Waals surface area contributed by atoms with Gasteiger partial charge in [-0.25, -0.2) is 0 Å². The fourth-order valence-corrected chi connectivity index (χ4v) is 2.34. The van der Waals surface area contributed by atoms with Gasteiger partial charge in [0.2, 0.25) is 0 Å². The Morgan fingerprint density at radius 2 is 2.06 bits per heavy atom. The number of rotatable bonds is 4. The van der Waals surface area contributed by atoms with Crippen molar-refractivity contribution in [3.05, 3.63) is 41.2 Å². The summed E-state index contributed by atoms with van der Waals surface area (Å²) in [5, 5.41) is 7.67. The van der Waals surface area contributed by atoms with Crippen LogP contribution in [-0.2, 0) is 13.5 Å². The Labute approximate surface area is 109 Å². The Bertz CT molecular complexity index is 541. The van der Waals surface area contributed by atoms with Crippen LogP contribution in [0.5, 0.6) is 0 Å². The fraction of sp³-hybridized carbons (Fsp3) is 0.400. The highest BCUT2D eigenvalue weighted by atomic mass is 15.3. The van der Waals surface area contributed by atoms with E-state index in [1.807, 2.05) is 18.8 Å². The molecule has 0 amide bonds. The van der Waals surface area contributed by atoms with Crippen LogP contribution in [0.2, 0.25) is 0 Å². The second-order valence-corrected chi connectivity index (χ2v) is 4.72. The number of hydrogen-bond donors (Lipinski definition) is 1. The van der Waals surface area contributed by atoms with E-state index in [0.29, 0.717) is 0 Å². The highest BCUT2D eigenvalue weighted by Gasteiger charge is 2.11. The van der Waals surface area contributed by atoms with Gasteiger partial charge in [0, 0.05) is 18.3 Å². The molecule has 0 aliphatic carbocycles. The summed E-state index contributed by atoms with van der Waals surface area (Å²) in [6, 6.07) is 8.75. The van der Waals surface area contributed by atoms with Crippen LogP contribution in [0.15, 0.2) is 24.3 Å². The molecule has 0 aliphatic rings. The van der Waals surface area contributed by atoms with E-state index in [1.165, 1.54) is 22.4 Å². The zero-order valence-corrected chi connectivity index (χ0v) is 11.6. The predicted molar refractivity (Wildman–Crippen MR) is 75.7 cm³/mol. The maximum absolute atomic E-state index is 4.48. The van der Waals surface area contributed by atoms with Crippen LogP contribution in [0.3, 0.4) is 0 Å². The summed E-state index contributed by atoms with van der Waals surface area (Å²) in [5.74, 6) is 0. The van der Waals surface area contributed by atoms with Gasteiger partial charge in [-0.2, -0.15) is 5.10 Å². The van der Waals surface area contributed by atoms with Crippen molar-refractivity contribution in [2.24, 2.45) is 7.05 Å². The lowest BCUT2D eigenvalue weighted by Crippen LogP contribution is -2.10. The molecule has 0 unspecified atom stereocenters. The van der Waals surface area contributed by atoms with Crippen molar-refractivity contribution < 1.29 is 0 Å². The van der Waals surface area contributed by atoms with Crippen molar-refractivity contribution in [1.82, 2.24) is 15.1 Å². The van der Waals surface area contributed by atoms with Gasteiger partial charge in [-0.15, -0.1) is 0 Å². The first-order chi connectivity index (χ1) is 8.63. The molecule has 0 atom stereocenters. The van der Waals surface area contributed by atoms with Gasteiger partial charge in [0.05, 0.1) is 5.69 Å². The van der Waals surface area contributed by atoms with Crippen LogP contribution in [0.4, 0.5) is 0 Å². The quantitative estimate of drug-likeness (QED) is 0.894. The minimum absolute atomic E-state index is 1.01. The van der Waals surface area contributed by atoms with Crippen molar-refractivity contribution in [3.8, 4) is 11.1 Å². The highest BCUT2D eigenvalue weighted by Crippen LogP contribution is 2.27. The van der Waals surface area contributed by atoms with Gasteiger partial charge in [0.1, 0.15) is 0 Å². The number of hydrogen-bond acceptors (Lipinski definition) is 2. The molecule has 18 heavy (non-hydrogen) atoms. The Morgan fingerprint density at radius 3 is 2.67 bits per heavy atom. The normalized spacial score (nSPS) is 10.9. The third kappa shape index (κ3) is 2.46. The maximum Gasteiger partial charge on any atom is 0.0674 e. The molecule has 0 saturated carbocycles. The van der Waals surface area contributed by atoms with Crippen molar-refractivity contribution >= 4 is 0 Å². The van der Waals surface area contributed by atoms with Crippen LogP contribution >= 0.6 is 0 Å². The minimum Gasteiger partial charge on any atom is -0.319 e. The summed E-state index contributed by atoms with van der Waals surface area (Å²) in [6.45, 7) is 5.20. The molecule has 0 spiro atoms. The molecule has 0 bridgehead atoms. The number of nitrogens with one attached hydrogen (secondary N) is 1. The number of aryl methyl sites for hydroxylation is 2. The third-order valence-electron chi connectivity index (χ3n) is 3.39. The lowest BCUT2D eigenvalue weighted by atomic mass is 10.0. The molecule has 1 aromatic carbocycles. The zero-order valence-electron chi connectivity index (χ0n) is 11.6. The summed E-state index contributed by atoms with van der Waals surface area (Å²) < 4.78 is 1.95. The largest absolute Gasteiger partial charge is 0.319 e. The van der Waals surface area contributed by atoms with Gasteiger partial charge in [-0.1, -0.05) is 24.3 Å². The second-order valence-electron chi connectivity index (χ2n) is 4.72. The average molecular weight is 243 g/mol. The first-order valence-corrected chi connectivity index (χ1v) is 6.37. The number of likely N-dealkylation sites (N-methyl/N-ethyl adjacent to an activating group) is 1. The van der Waals surface area contributed by atoms with Crippen molar-refractivity contribution in [1.29, 1.82) is 0 Å². The molecule has 1 N–H and O–H groups in total. The van der Waals surface area contributed by atoms with E-state index in [2.05, 4.69) is 48.5 Å². The molecule has 0 saturated heterocycles. The van der Waals surface area contributed by atoms with E-state index in [0.717, 1.165) is 18.7 Å². The standard InChI is InChI=1S/C15H21N3/c1-11-15(12(2)18(4)17-11)14-7-5-6-13(10-14)8-9-16-3/h5-7,10,16H,8-9H2,1-4H3. The summed E-state index contributed by atoms with van der Waals surface area (Å²) >= 11 is 0. The van der Waals surface area contributed by atoms with Gasteiger partial charge >= 0.3 is 0 Å². The van der Waals surface area contributed by atoms with E-state index < -0.39 is 0 Å². The fourth-order valence-electron chi connectivity index (χ4n) is 2.34. The topological polar surface area (TPSA) is 29.9 Å². The lowest BCUT2D eigenvalue weighted by molar-refractivity contribution is 0.731. The van der Waals surface area contributed by atoms with Crippen LogP contribution in [0.1, 0.15) is 17.0 Å². The van der Waals surface area contributed by atoms with Crippen molar-refractivity contribution in [2.45, 2.75) is 20.3 Å². The molecule has 0 fully saturated rings. The lowest BCUT2D eigenvalue weighted by Gasteiger charge is -2.06. The van der Waals surface area contributed by atoms with E-state index >= 15 is 0 Å². The van der Waals surface area contributed by atoms with Crippen LogP contribution < -0.4 is 5.32 Å². The van der Waals surface area contributed by atoms with E-state index in [1.54, 1.807) is 0 Å². The summed E-state index contributed by atoms with van der Waals surface area (Å²) in [5.41, 5.74) is 6.22. The molecule has 0 aliphatic heterocycles. The Hall–Kier alpha value is -1.61. The van der Waals surface area contributed by atoms with Crippen LogP contribution in [-0.4, -0.2) is 23.4 Å². The van der Waals surface area contributed by atoms with Crippen molar-refractivity contribution in [2.75, 3.05) is 13.6 Å². The summed E-state index contributed by atoms with van der Waals surface area (Å²) in [4.78, 5) is 0. The average Bonchev–Trinajstić information content (AvgIpc) is 2.61. The summed E-state index contributed by atoms with van der Waals surface area (Å²) in [6.07, 6.45) is 1.06. The van der Waals surface area contributed by atoms with E-state index in [-0.39, 0.29) is 0 Å². The van der Waals surface area contributed by atoms with Gasteiger partial charge < -0.3 is 5.32 Å². The predicted octanol–water partition coefficient (Wildman–Crippen LogP) is 2.47. The Balaban J connectivity index is 2.38. The number of benzene rings is 1. The molecular weight excluding hydrogens is 222 g/mol. The molecular formula is C15H21N3. The SMILES string of the molecule is CNCCc1cccc(-c2c(C)nn(C)c2C)c1. The van der Waals surface area contributed by atoms with Crippen molar-refractivity contribution in [3.63, 3.8) is 0 Å². The molecule has 1 aromatic heterocycles. The molecule has 3 heteroatoms. The first-order valence-electron chi connectivity index (χ1n) is 6.37. The minimum atomic E-state index is 1.01. The highest BCUT2D eigenvalue weighted by molar-refractivity contribution is 5.69. The molecule has 3 nitrogen and oxygen atoms in total. The molecule has 96 valence electrons. The van der Waals surface area contributed by atoms with Gasteiger partial charge in [0.15, 0.2) is 0 Å². The molecule has 0 radical (unpaired) electrons. The second kappa shape index (κ2) is 5.36. The molecule has 2 aromatic rings. The smallest absolute Gasteiger partial charge is 0.0674 e. The first kappa shape index (κ1) is 12.8. The van der Waals surface area contributed by atoms with Gasteiger partial charge in [-0.05, 0) is 45.0 Å². The summed E-state index contributed by atoms with van der Waals surface area (Å²) in [7, 11) is 3.98. The maximum atomic E-state index is 4.48. The Kier molecular flexibility index (Phi) is 3.82. The monoisotopic (exact) mass is 243 g/mol. The molecule has 2 rings (SSSR count). The van der Waals surface area contributed by atoms with Gasteiger partial charge in [0.25, 0.3) is 0 Å². The van der Waals surface area contributed by atoms with E-state index in [9.17, 15) is 0 Å². The third-order valence-corrected chi connectivity index (χ3v) is 3.39. The Morgan fingerprint density at radius 1 is 1.28 bits per heavy atom. The van der Waals surface area contributed by atoms with Gasteiger partial charge in [-0.3, -0.25) is 4.68 Å². The number of aromatic nitrogens is 2. The zero-order chi connectivity index (χ0) is 13.1. The number of nitrogens with zero attached hydrogens (tertiary/aromatic N) is 2. The molecule has 1 heterocycles.